The smallest absolute Gasteiger partial charge is 0.374 e. The maximum Gasteiger partial charge on any atom is 0.374 e. The number of aromatic nitrogens is 2. The summed E-state index contributed by atoms with van der Waals surface area (Å²) in [5, 5.41) is 13.4. The molecule has 1 aromatic heterocycles. The molecular weight excluding hydrogens is 410 g/mol. The molecule has 0 atom stereocenters. The van der Waals surface area contributed by atoms with E-state index in [0.29, 0.717) is 11.3 Å². The number of carbonyl (C=O) groups is 1. The van der Waals surface area contributed by atoms with E-state index in [4.69, 9.17) is 4.74 Å². The van der Waals surface area contributed by atoms with Crippen molar-refractivity contribution in [3.63, 3.8) is 0 Å². The van der Waals surface area contributed by atoms with Gasteiger partial charge in [-0.25, -0.2) is 4.98 Å². The van der Waals surface area contributed by atoms with E-state index in [1.165, 1.54) is 0 Å². The molecule has 4 rings (SSSR count). The van der Waals surface area contributed by atoms with Crippen molar-refractivity contribution in [3.8, 4) is 11.6 Å². The first kappa shape index (κ1) is 20.7. The van der Waals surface area contributed by atoms with Crippen LogP contribution in [0.2, 0.25) is 0 Å². The number of benzene rings is 3. The molecule has 0 saturated heterocycles. The lowest BCUT2D eigenvalue weighted by molar-refractivity contribution is -0.385. The van der Waals surface area contributed by atoms with Gasteiger partial charge in [0.05, 0.1) is 4.92 Å². The number of anilines is 1. The maximum absolute atomic E-state index is 12.7. The molecule has 0 unspecified atom stereocenters. The van der Waals surface area contributed by atoms with Gasteiger partial charge in [-0.05, 0) is 53.9 Å². The van der Waals surface area contributed by atoms with Crippen LogP contribution >= 0.6 is 0 Å². The second-order valence-corrected chi connectivity index (χ2v) is 7.16. The topological polar surface area (TPSA) is 119 Å². The van der Waals surface area contributed by atoms with E-state index in [0.717, 1.165) is 28.2 Å². The number of fused-ring (bicyclic) bond motifs is 1. The summed E-state index contributed by atoms with van der Waals surface area (Å²) in [7, 11) is 0. The standard InChI is InChI=1S/C23H19N5O4/c1-14-10-15(2)12-17(11-14)32-23-20(28(30)31)21(24-13-25-23)26-27-22(29)19-9-5-7-16-6-3-4-8-18(16)19/h3-13H,1-2H3,(H,27,29)(H,24,25,26). The summed E-state index contributed by atoms with van der Waals surface area (Å²) in [6, 6.07) is 18.2. The highest BCUT2D eigenvalue weighted by atomic mass is 16.6. The molecule has 32 heavy (non-hydrogen) atoms. The lowest BCUT2D eigenvalue weighted by Crippen LogP contribution is -2.30. The predicted molar refractivity (Wildman–Crippen MR) is 120 cm³/mol. The van der Waals surface area contributed by atoms with Gasteiger partial charge in [-0.1, -0.05) is 42.5 Å². The zero-order valence-electron chi connectivity index (χ0n) is 17.3. The molecule has 0 aliphatic rings. The molecule has 0 bridgehead atoms. The number of ether oxygens (including phenoxy) is 1. The van der Waals surface area contributed by atoms with Crippen molar-refractivity contribution in [1.29, 1.82) is 0 Å². The van der Waals surface area contributed by atoms with Gasteiger partial charge in [0.15, 0.2) is 0 Å². The Hall–Kier alpha value is -4.53. The van der Waals surface area contributed by atoms with Crippen molar-refractivity contribution in [2.75, 3.05) is 5.43 Å². The van der Waals surface area contributed by atoms with E-state index in [-0.39, 0.29) is 11.7 Å². The molecule has 1 heterocycles. The molecule has 9 nitrogen and oxygen atoms in total. The highest BCUT2D eigenvalue weighted by Gasteiger charge is 2.26. The van der Waals surface area contributed by atoms with Gasteiger partial charge in [0, 0.05) is 5.56 Å². The summed E-state index contributed by atoms with van der Waals surface area (Å²) in [6.07, 6.45) is 1.12. The summed E-state index contributed by atoms with van der Waals surface area (Å²) < 4.78 is 5.68. The fraction of sp³-hybridized carbons (Fsp3) is 0.0870. The molecule has 0 aliphatic carbocycles. The first-order valence-electron chi connectivity index (χ1n) is 9.72. The van der Waals surface area contributed by atoms with Gasteiger partial charge in [0.25, 0.3) is 5.91 Å². The summed E-state index contributed by atoms with van der Waals surface area (Å²) in [5.74, 6) is -0.489. The number of carbonyl (C=O) groups excluding carboxylic acids is 1. The van der Waals surface area contributed by atoms with Crippen LogP contribution in [0.5, 0.6) is 11.6 Å². The Bertz CT molecular complexity index is 1310. The van der Waals surface area contributed by atoms with Crippen molar-refractivity contribution in [2.45, 2.75) is 13.8 Å². The van der Waals surface area contributed by atoms with Crippen molar-refractivity contribution in [1.82, 2.24) is 15.4 Å². The quantitative estimate of drug-likeness (QED) is 0.337. The minimum Gasteiger partial charge on any atom is -0.434 e. The fourth-order valence-corrected chi connectivity index (χ4v) is 3.40. The van der Waals surface area contributed by atoms with Crippen LogP contribution in [-0.4, -0.2) is 20.8 Å². The Morgan fingerprint density at radius 3 is 2.47 bits per heavy atom. The Morgan fingerprint density at radius 2 is 1.72 bits per heavy atom. The van der Waals surface area contributed by atoms with Crippen LogP contribution in [0, 0.1) is 24.0 Å². The minimum absolute atomic E-state index is 0.196. The number of nitro groups is 1. The van der Waals surface area contributed by atoms with E-state index in [2.05, 4.69) is 20.8 Å². The number of hydrazine groups is 1. The Labute approximate surface area is 183 Å². The molecule has 0 radical (unpaired) electrons. The fourth-order valence-electron chi connectivity index (χ4n) is 3.40. The zero-order chi connectivity index (χ0) is 22.7. The number of hydrogen-bond donors (Lipinski definition) is 2. The second-order valence-electron chi connectivity index (χ2n) is 7.16. The maximum atomic E-state index is 12.7. The normalized spacial score (nSPS) is 10.6. The lowest BCUT2D eigenvalue weighted by atomic mass is 10.0. The van der Waals surface area contributed by atoms with Crippen molar-refractivity contribution in [3.05, 3.63) is 93.8 Å². The number of nitrogens with one attached hydrogen (secondary N) is 2. The lowest BCUT2D eigenvalue weighted by Gasteiger charge is -2.12. The average molecular weight is 429 g/mol. The molecule has 160 valence electrons. The van der Waals surface area contributed by atoms with E-state index >= 15 is 0 Å². The summed E-state index contributed by atoms with van der Waals surface area (Å²) in [5.41, 5.74) is 6.81. The van der Waals surface area contributed by atoms with Crippen LogP contribution in [0.4, 0.5) is 11.5 Å². The Balaban J connectivity index is 1.60. The van der Waals surface area contributed by atoms with Crippen molar-refractivity contribution in [2.24, 2.45) is 0 Å². The minimum atomic E-state index is -0.662. The molecule has 0 spiro atoms. The molecule has 0 saturated carbocycles. The van der Waals surface area contributed by atoms with E-state index in [1.54, 1.807) is 24.3 Å². The highest BCUT2D eigenvalue weighted by Crippen LogP contribution is 2.34. The molecule has 0 fully saturated rings. The summed E-state index contributed by atoms with van der Waals surface area (Å²) in [6.45, 7) is 3.79. The van der Waals surface area contributed by atoms with Crippen molar-refractivity contribution < 1.29 is 14.5 Å². The molecule has 3 aromatic carbocycles. The monoisotopic (exact) mass is 429 g/mol. The molecule has 1 amide bonds. The van der Waals surface area contributed by atoms with Gasteiger partial charge in [0.1, 0.15) is 12.1 Å². The molecular formula is C23H19N5O4. The van der Waals surface area contributed by atoms with Gasteiger partial charge in [-0.2, -0.15) is 4.98 Å². The average Bonchev–Trinajstić information content (AvgIpc) is 2.76. The molecule has 4 aromatic rings. The second kappa shape index (κ2) is 8.68. The molecule has 9 heteroatoms. The highest BCUT2D eigenvalue weighted by molar-refractivity contribution is 6.07. The van der Waals surface area contributed by atoms with Crippen molar-refractivity contribution >= 4 is 28.2 Å². The largest absolute Gasteiger partial charge is 0.434 e. The SMILES string of the molecule is Cc1cc(C)cc(Oc2ncnc(NNC(=O)c3cccc4ccccc34)c2[N+](=O)[O-])c1. The predicted octanol–water partition coefficient (Wildman–Crippen LogP) is 4.70. The summed E-state index contributed by atoms with van der Waals surface area (Å²) >= 11 is 0. The Kier molecular flexibility index (Phi) is 5.63. The van der Waals surface area contributed by atoms with Crippen LogP contribution in [0.3, 0.4) is 0 Å². The first-order valence-corrected chi connectivity index (χ1v) is 9.72. The Morgan fingerprint density at radius 1 is 1.00 bits per heavy atom. The number of hydrogen-bond acceptors (Lipinski definition) is 7. The molecule has 2 N–H and O–H groups in total. The number of amides is 1. The van der Waals surface area contributed by atoms with Crippen LogP contribution in [0.25, 0.3) is 10.8 Å². The number of nitrogens with zero attached hydrogens (tertiary/aromatic N) is 3. The van der Waals surface area contributed by atoms with Crippen LogP contribution in [-0.2, 0) is 0 Å². The van der Waals surface area contributed by atoms with Crippen LogP contribution in [0.1, 0.15) is 21.5 Å². The third-order valence-corrected chi connectivity index (χ3v) is 4.71. The first-order chi connectivity index (χ1) is 15.4. The van der Waals surface area contributed by atoms with Crippen LogP contribution < -0.4 is 15.6 Å². The van der Waals surface area contributed by atoms with Gasteiger partial charge in [-0.15, -0.1) is 0 Å². The number of aryl methyl sites for hydroxylation is 2. The van der Waals surface area contributed by atoms with Crippen LogP contribution in [0.15, 0.2) is 67.0 Å². The third kappa shape index (κ3) is 4.31. The van der Waals surface area contributed by atoms with Gasteiger partial charge in [0.2, 0.25) is 5.82 Å². The van der Waals surface area contributed by atoms with Gasteiger partial charge in [-0.3, -0.25) is 25.8 Å². The summed E-state index contributed by atoms with van der Waals surface area (Å²) in [4.78, 5) is 31.7. The van der Waals surface area contributed by atoms with E-state index in [9.17, 15) is 14.9 Å². The zero-order valence-corrected chi connectivity index (χ0v) is 17.3. The third-order valence-electron chi connectivity index (χ3n) is 4.71. The van der Waals surface area contributed by atoms with E-state index in [1.807, 2.05) is 50.2 Å². The van der Waals surface area contributed by atoms with E-state index < -0.39 is 16.5 Å². The molecule has 0 aliphatic heterocycles. The van der Waals surface area contributed by atoms with Gasteiger partial charge >= 0.3 is 11.6 Å². The van der Waals surface area contributed by atoms with Gasteiger partial charge < -0.3 is 4.74 Å². The number of rotatable bonds is 6.